The lowest BCUT2D eigenvalue weighted by Crippen LogP contribution is -2.47. The van der Waals surface area contributed by atoms with E-state index in [4.69, 9.17) is 9.47 Å². The van der Waals surface area contributed by atoms with Crippen molar-refractivity contribution in [1.82, 2.24) is 14.7 Å². The molecule has 2 aromatic rings. The topological polar surface area (TPSA) is 59.8 Å². The summed E-state index contributed by atoms with van der Waals surface area (Å²) in [5, 5.41) is 14.6. The van der Waals surface area contributed by atoms with Crippen LogP contribution in [-0.4, -0.2) is 64.8 Å². The number of nitrogens with zero attached hydrogens (tertiary/aromatic N) is 3. The summed E-state index contributed by atoms with van der Waals surface area (Å²) < 4.78 is 13.5. The maximum absolute atomic E-state index is 10.3. The molecule has 0 saturated carbocycles. The highest BCUT2D eigenvalue weighted by Gasteiger charge is 2.23. The zero-order valence-electron chi connectivity index (χ0n) is 15.7. The average molecular weight is 359 g/mol. The van der Waals surface area contributed by atoms with Crippen LogP contribution < -0.4 is 4.74 Å². The molecule has 2 atom stereocenters. The summed E-state index contributed by atoms with van der Waals surface area (Å²) in [7, 11) is 0. The van der Waals surface area contributed by atoms with Crippen molar-refractivity contribution in [1.29, 1.82) is 0 Å². The number of hydrogen-bond acceptors (Lipinski definition) is 5. The first-order valence-corrected chi connectivity index (χ1v) is 9.35. The van der Waals surface area contributed by atoms with Gasteiger partial charge in [-0.1, -0.05) is 19.1 Å². The van der Waals surface area contributed by atoms with Gasteiger partial charge in [-0.15, -0.1) is 0 Å². The molecule has 6 heteroatoms. The fourth-order valence-electron chi connectivity index (χ4n) is 3.20. The molecule has 6 nitrogen and oxygen atoms in total. The van der Waals surface area contributed by atoms with E-state index in [1.165, 1.54) is 5.56 Å². The zero-order valence-corrected chi connectivity index (χ0v) is 15.7. The van der Waals surface area contributed by atoms with Crippen LogP contribution in [0, 0.1) is 6.92 Å². The van der Waals surface area contributed by atoms with E-state index in [0.29, 0.717) is 19.8 Å². The van der Waals surface area contributed by atoms with E-state index in [2.05, 4.69) is 29.1 Å². The standard InChI is InChI=1S/C20H29N3O3/c1-3-17-4-6-19(7-5-17)26-15-18(24)12-22-8-9-25-20(13-22)14-23-11-16(2)10-21-23/h4-7,10-11,18,20,24H,3,8-9,12-15H2,1-2H3. The number of β-amino-alcohol motifs (C(OH)–C–C–N with tert-alkyl or cyclic N) is 1. The summed E-state index contributed by atoms with van der Waals surface area (Å²) in [6.45, 7) is 8.08. The Morgan fingerprint density at radius 2 is 2.15 bits per heavy atom. The Bertz CT molecular complexity index is 671. The number of ether oxygens (including phenoxy) is 2. The molecule has 1 saturated heterocycles. The van der Waals surface area contributed by atoms with Gasteiger partial charge in [-0.3, -0.25) is 9.58 Å². The SMILES string of the molecule is CCc1ccc(OCC(O)CN2CCOC(Cn3cc(C)cn3)C2)cc1. The van der Waals surface area contributed by atoms with Gasteiger partial charge in [-0.05, 0) is 36.6 Å². The fraction of sp³-hybridized carbons (Fsp3) is 0.550. The number of hydrogen-bond donors (Lipinski definition) is 1. The van der Waals surface area contributed by atoms with Crippen LogP contribution >= 0.6 is 0 Å². The monoisotopic (exact) mass is 359 g/mol. The first-order valence-electron chi connectivity index (χ1n) is 9.35. The lowest BCUT2D eigenvalue weighted by Gasteiger charge is -2.34. The minimum atomic E-state index is -0.522. The van der Waals surface area contributed by atoms with Gasteiger partial charge >= 0.3 is 0 Å². The third kappa shape index (κ3) is 5.56. The molecule has 0 spiro atoms. The highest BCUT2D eigenvalue weighted by Crippen LogP contribution is 2.13. The van der Waals surface area contributed by atoms with Crippen LogP contribution in [0.3, 0.4) is 0 Å². The second-order valence-electron chi connectivity index (χ2n) is 6.95. The van der Waals surface area contributed by atoms with Gasteiger partial charge in [0.2, 0.25) is 0 Å². The Labute approximate surface area is 155 Å². The van der Waals surface area contributed by atoms with Gasteiger partial charge < -0.3 is 14.6 Å². The van der Waals surface area contributed by atoms with Gasteiger partial charge in [0.25, 0.3) is 0 Å². The summed E-state index contributed by atoms with van der Waals surface area (Å²) in [4.78, 5) is 2.23. The van der Waals surface area contributed by atoms with E-state index >= 15 is 0 Å². The lowest BCUT2D eigenvalue weighted by atomic mass is 10.2. The van der Waals surface area contributed by atoms with Crippen LogP contribution in [0.25, 0.3) is 0 Å². The van der Waals surface area contributed by atoms with Crippen LogP contribution in [0.15, 0.2) is 36.7 Å². The van der Waals surface area contributed by atoms with Crippen molar-refractivity contribution in [2.24, 2.45) is 0 Å². The molecule has 1 N–H and O–H groups in total. The van der Waals surface area contributed by atoms with Crippen LogP contribution in [0.4, 0.5) is 0 Å². The molecular formula is C20H29N3O3. The second kappa shape index (κ2) is 9.16. The summed E-state index contributed by atoms with van der Waals surface area (Å²) in [5.41, 5.74) is 2.43. The van der Waals surface area contributed by atoms with E-state index in [1.54, 1.807) is 0 Å². The summed E-state index contributed by atoms with van der Waals surface area (Å²) >= 11 is 0. The van der Waals surface area contributed by atoms with Gasteiger partial charge in [0, 0.05) is 25.8 Å². The van der Waals surface area contributed by atoms with Crippen LogP contribution in [0.5, 0.6) is 5.75 Å². The van der Waals surface area contributed by atoms with Gasteiger partial charge in [0.1, 0.15) is 18.5 Å². The molecule has 1 fully saturated rings. The molecular weight excluding hydrogens is 330 g/mol. The van der Waals surface area contributed by atoms with Crippen LogP contribution in [-0.2, 0) is 17.7 Å². The minimum Gasteiger partial charge on any atom is -0.491 e. The van der Waals surface area contributed by atoms with Crippen molar-refractivity contribution < 1.29 is 14.6 Å². The number of morpholine rings is 1. The van der Waals surface area contributed by atoms with E-state index in [-0.39, 0.29) is 6.10 Å². The van der Waals surface area contributed by atoms with E-state index in [0.717, 1.165) is 37.4 Å². The molecule has 3 rings (SSSR count). The predicted molar refractivity (Wildman–Crippen MR) is 100 cm³/mol. The predicted octanol–water partition coefficient (Wildman–Crippen LogP) is 1.89. The first kappa shape index (κ1) is 18.9. The molecule has 26 heavy (non-hydrogen) atoms. The number of rotatable bonds is 8. The Kier molecular flexibility index (Phi) is 6.66. The van der Waals surface area contributed by atoms with Crippen molar-refractivity contribution in [2.75, 3.05) is 32.8 Å². The molecule has 1 aromatic heterocycles. The number of aryl methyl sites for hydroxylation is 2. The second-order valence-corrected chi connectivity index (χ2v) is 6.95. The average Bonchev–Trinajstić information content (AvgIpc) is 3.05. The van der Waals surface area contributed by atoms with Crippen LogP contribution in [0.2, 0.25) is 0 Å². The molecule has 1 aliphatic rings. The third-order valence-corrected chi connectivity index (χ3v) is 4.62. The highest BCUT2D eigenvalue weighted by atomic mass is 16.5. The number of aromatic nitrogens is 2. The molecule has 142 valence electrons. The Morgan fingerprint density at radius 3 is 2.85 bits per heavy atom. The number of aliphatic hydroxyl groups is 1. The minimum absolute atomic E-state index is 0.0951. The van der Waals surface area contributed by atoms with Crippen molar-refractivity contribution in [3.05, 3.63) is 47.8 Å². The van der Waals surface area contributed by atoms with Crippen molar-refractivity contribution >= 4 is 0 Å². The third-order valence-electron chi connectivity index (χ3n) is 4.62. The largest absolute Gasteiger partial charge is 0.491 e. The van der Waals surface area contributed by atoms with Gasteiger partial charge in [-0.2, -0.15) is 5.10 Å². The maximum Gasteiger partial charge on any atom is 0.119 e. The fourth-order valence-corrected chi connectivity index (χ4v) is 3.20. The van der Waals surface area contributed by atoms with Gasteiger partial charge in [-0.25, -0.2) is 0 Å². The molecule has 2 heterocycles. The number of benzene rings is 1. The van der Waals surface area contributed by atoms with Crippen molar-refractivity contribution in [3.8, 4) is 5.75 Å². The number of aliphatic hydroxyl groups excluding tert-OH is 1. The van der Waals surface area contributed by atoms with Crippen molar-refractivity contribution in [2.45, 2.75) is 39.0 Å². The smallest absolute Gasteiger partial charge is 0.119 e. The van der Waals surface area contributed by atoms with Crippen LogP contribution in [0.1, 0.15) is 18.1 Å². The van der Waals surface area contributed by atoms with E-state index in [9.17, 15) is 5.11 Å². The van der Waals surface area contributed by atoms with E-state index < -0.39 is 6.10 Å². The highest BCUT2D eigenvalue weighted by molar-refractivity contribution is 5.27. The normalized spacial score (nSPS) is 19.4. The Hall–Kier alpha value is -1.89. The summed E-state index contributed by atoms with van der Waals surface area (Å²) in [6.07, 6.45) is 4.47. The molecule has 0 radical (unpaired) electrons. The Morgan fingerprint density at radius 1 is 1.35 bits per heavy atom. The first-order chi connectivity index (χ1) is 12.6. The quantitative estimate of drug-likeness (QED) is 0.780. The van der Waals surface area contributed by atoms with Gasteiger partial charge in [0.15, 0.2) is 0 Å². The van der Waals surface area contributed by atoms with Gasteiger partial charge in [0.05, 0.1) is 25.5 Å². The molecule has 0 amide bonds. The molecule has 0 bridgehead atoms. The summed E-state index contributed by atoms with van der Waals surface area (Å²) in [6, 6.07) is 8.04. The maximum atomic E-state index is 10.3. The summed E-state index contributed by atoms with van der Waals surface area (Å²) in [5.74, 6) is 0.801. The molecule has 2 unspecified atom stereocenters. The van der Waals surface area contributed by atoms with Crippen molar-refractivity contribution in [3.63, 3.8) is 0 Å². The molecule has 1 aliphatic heterocycles. The van der Waals surface area contributed by atoms with E-state index in [1.807, 2.05) is 36.1 Å². The Balaban J connectivity index is 1.42. The lowest BCUT2D eigenvalue weighted by molar-refractivity contribution is -0.0517. The molecule has 1 aromatic carbocycles. The zero-order chi connectivity index (χ0) is 18.4. The molecule has 0 aliphatic carbocycles.